The van der Waals surface area contributed by atoms with E-state index < -0.39 is 10.0 Å². The molecule has 1 fully saturated rings. The molecule has 2 N–H and O–H groups in total. The molecule has 0 aliphatic carbocycles. The molecular formula is C14H21N3O3S. The molecule has 0 saturated carbocycles. The summed E-state index contributed by atoms with van der Waals surface area (Å²) in [6.45, 7) is 6.14. The Morgan fingerprint density at radius 3 is 2.90 bits per heavy atom. The van der Waals surface area contributed by atoms with Gasteiger partial charge in [-0.15, -0.1) is 0 Å². The first-order valence-corrected chi connectivity index (χ1v) is 8.55. The first-order chi connectivity index (χ1) is 9.95. The van der Waals surface area contributed by atoms with Gasteiger partial charge in [-0.2, -0.15) is 0 Å². The predicted molar refractivity (Wildman–Crippen MR) is 80.7 cm³/mol. The summed E-state index contributed by atoms with van der Waals surface area (Å²) in [5.74, 6) is -0.127. The van der Waals surface area contributed by atoms with Crippen molar-refractivity contribution < 1.29 is 13.2 Å². The third-order valence-corrected chi connectivity index (χ3v) is 5.03. The number of benzene rings is 1. The maximum atomic E-state index is 12.5. The monoisotopic (exact) mass is 311 g/mol. The van der Waals surface area contributed by atoms with Gasteiger partial charge in [0.15, 0.2) is 0 Å². The van der Waals surface area contributed by atoms with Crippen LogP contribution in [0.4, 0.5) is 0 Å². The molecule has 0 radical (unpaired) electrons. The van der Waals surface area contributed by atoms with Crippen LogP contribution in [0.25, 0.3) is 0 Å². The Bertz CT molecular complexity index is 616. The second-order valence-electron chi connectivity index (χ2n) is 5.08. The van der Waals surface area contributed by atoms with E-state index in [0.717, 1.165) is 13.1 Å². The third kappa shape index (κ3) is 3.61. The zero-order chi connectivity index (χ0) is 15.5. The zero-order valence-electron chi connectivity index (χ0n) is 12.3. The molecule has 0 spiro atoms. The van der Waals surface area contributed by atoms with E-state index in [4.69, 9.17) is 0 Å². The first-order valence-electron chi connectivity index (χ1n) is 7.07. The van der Waals surface area contributed by atoms with E-state index in [1.54, 1.807) is 24.0 Å². The molecule has 116 valence electrons. The maximum absolute atomic E-state index is 12.5. The fourth-order valence-corrected chi connectivity index (χ4v) is 3.46. The molecular weight excluding hydrogens is 290 g/mol. The van der Waals surface area contributed by atoms with Crippen LogP contribution in [0.15, 0.2) is 29.2 Å². The molecule has 0 aromatic heterocycles. The SMILES string of the molecule is CCNS(=O)(=O)c1cccc(C(=O)N2CCNC[C@H]2C)c1. The minimum Gasteiger partial charge on any atom is -0.333 e. The molecule has 1 aliphatic rings. The highest BCUT2D eigenvalue weighted by Crippen LogP contribution is 2.15. The van der Waals surface area contributed by atoms with E-state index in [1.807, 2.05) is 6.92 Å². The van der Waals surface area contributed by atoms with Gasteiger partial charge in [0, 0.05) is 37.8 Å². The van der Waals surface area contributed by atoms with Crippen LogP contribution < -0.4 is 10.0 Å². The summed E-state index contributed by atoms with van der Waals surface area (Å²) in [5, 5.41) is 3.22. The van der Waals surface area contributed by atoms with Crippen molar-refractivity contribution in [3.8, 4) is 0 Å². The number of carbonyl (C=O) groups excluding carboxylic acids is 1. The van der Waals surface area contributed by atoms with Gasteiger partial charge in [-0.3, -0.25) is 4.79 Å². The minimum atomic E-state index is -3.54. The van der Waals surface area contributed by atoms with E-state index in [-0.39, 0.29) is 16.8 Å². The largest absolute Gasteiger partial charge is 0.333 e. The van der Waals surface area contributed by atoms with Crippen molar-refractivity contribution in [1.82, 2.24) is 14.9 Å². The number of hydrogen-bond donors (Lipinski definition) is 2. The third-order valence-electron chi connectivity index (χ3n) is 3.49. The van der Waals surface area contributed by atoms with Crippen LogP contribution in [-0.2, 0) is 10.0 Å². The highest BCUT2D eigenvalue weighted by atomic mass is 32.2. The molecule has 1 aromatic carbocycles. The Balaban J connectivity index is 2.26. The molecule has 1 aromatic rings. The Morgan fingerprint density at radius 2 is 2.24 bits per heavy atom. The summed E-state index contributed by atoms with van der Waals surface area (Å²) >= 11 is 0. The average molecular weight is 311 g/mol. The standard InChI is InChI=1S/C14H21N3O3S/c1-3-16-21(19,20)13-6-4-5-12(9-13)14(18)17-8-7-15-10-11(17)2/h4-6,9,11,15-16H,3,7-8,10H2,1-2H3/t11-/m1/s1. The van der Waals surface area contributed by atoms with Crippen molar-refractivity contribution in [2.45, 2.75) is 24.8 Å². The molecule has 21 heavy (non-hydrogen) atoms. The number of rotatable bonds is 4. The van der Waals surface area contributed by atoms with E-state index >= 15 is 0 Å². The van der Waals surface area contributed by atoms with Gasteiger partial charge in [0.05, 0.1) is 4.90 Å². The van der Waals surface area contributed by atoms with Crippen LogP contribution in [0.2, 0.25) is 0 Å². The lowest BCUT2D eigenvalue weighted by Gasteiger charge is -2.34. The summed E-state index contributed by atoms with van der Waals surface area (Å²) < 4.78 is 26.4. The van der Waals surface area contributed by atoms with Crippen LogP contribution in [0.5, 0.6) is 0 Å². The average Bonchev–Trinajstić information content (AvgIpc) is 2.47. The van der Waals surface area contributed by atoms with Crippen molar-refractivity contribution >= 4 is 15.9 Å². The molecule has 1 aliphatic heterocycles. The summed E-state index contributed by atoms with van der Waals surface area (Å²) in [5.41, 5.74) is 0.405. The highest BCUT2D eigenvalue weighted by Gasteiger charge is 2.25. The number of sulfonamides is 1. The van der Waals surface area contributed by atoms with Crippen LogP contribution in [0.3, 0.4) is 0 Å². The van der Waals surface area contributed by atoms with Gasteiger partial charge >= 0.3 is 0 Å². The van der Waals surface area contributed by atoms with Gasteiger partial charge in [0.25, 0.3) is 5.91 Å². The second-order valence-corrected chi connectivity index (χ2v) is 6.85. The smallest absolute Gasteiger partial charge is 0.254 e. The molecule has 0 bridgehead atoms. The number of carbonyl (C=O) groups is 1. The first kappa shape index (κ1) is 15.9. The maximum Gasteiger partial charge on any atom is 0.254 e. The van der Waals surface area contributed by atoms with Crippen molar-refractivity contribution in [3.05, 3.63) is 29.8 Å². The van der Waals surface area contributed by atoms with Gasteiger partial charge in [-0.25, -0.2) is 13.1 Å². The van der Waals surface area contributed by atoms with Gasteiger partial charge in [0.2, 0.25) is 10.0 Å². The van der Waals surface area contributed by atoms with Gasteiger partial charge in [-0.1, -0.05) is 13.0 Å². The quantitative estimate of drug-likeness (QED) is 0.845. The van der Waals surface area contributed by atoms with Gasteiger partial charge in [0.1, 0.15) is 0 Å². The molecule has 1 saturated heterocycles. The molecule has 1 heterocycles. The number of amides is 1. The van der Waals surface area contributed by atoms with Crippen molar-refractivity contribution in [2.75, 3.05) is 26.2 Å². The fourth-order valence-electron chi connectivity index (χ4n) is 2.38. The van der Waals surface area contributed by atoms with Crippen LogP contribution >= 0.6 is 0 Å². The zero-order valence-corrected chi connectivity index (χ0v) is 13.1. The number of hydrogen-bond acceptors (Lipinski definition) is 4. The molecule has 1 amide bonds. The lowest BCUT2D eigenvalue weighted by atomic mass is 10.1. The summed E-state index contributed by atoms with van der Waals surface area (Å²) in [7, 11) is -3.54. The summed E-state index contributed by atoms with van der Waals surface area (Å²) in [6, 6.07) is 6.29. The second kappa shape index (κ2) is 6.55. The Labute approximate surface area is 125 Å². The van der Waals surface area contributed by atoms with E-state index in [0.29, 0.717) is 18.7 Å². The molecule has 6 nitrogen and oxygen atoms in total. The number of nitrogens with zero attached hydrogens (tertiary/aromatic N) is 1. The van der Waals surface area contributed by atoms with Crippen molar-refractivity contribution in [3.63, 3.8) is 0 Å². The Morgan fingerprint density at radius 1 is 1.48 bits per heavy atom. The molecule has 1 atom stereocenters. The van der Waals surface area contributed by atoms with Crippen LogP contribution in [0, 0.1) is 0 Å². The van der Waals surface area contributed by atoms with Gasteiger partial charge < -0.3 is 10.2 Å². The van der Waals surface area contributed by atoms with E-state index in [1.165, 1.54) is 12.1 Å². The van der Waals surface area contributed by atoms with Crippen molar-refractivity contribution in [2.24, 2.45) is 0 Å². The Kier molecular flexibility index (Phi) is 4.97. The van der Waals surface area contributed by atoms with E-state index in [2.05, 4.69) is 10.0 Å². The van der Waals surface area contributed by atoms with Gasteiger partial charge in [-0.05, 0) is 25.1 Å². The summed E-state index contributed by atoms with van der Waals surface area (Å²) in [4.78, 5) is 14.4. The van der Waals surface area contributed by atoms with Crippen LogP contribution in [-0.4, -0.2) is 51.4 Å². The number of nitrogens with one attached hydrogen (secondary N) is 2. The minimum absolute atomic E-state index is 0.0975. The fraction of sp³-hybridized carbons (Fsp3) is 0.500. The normalized spacial score (nSPS) is 19.5. The molecule has 2 rings (SSSR count). The molecule has 0 unspecified atom stereocenters. The van der Waals surface area contributed by atoms with Crippen LogP contribution in [0.1, 0.15) is 24.2 Å². The summed E-state index contributed by atoms with van der Waals surface area (Å²) in [6.07, 6.45) is 0. The number of piperazine rings is 1. The molecule has 7 heteroatoms. The lowest BCUT2D eigenvalue weighted by Crippen LogP contribution is -2.52. The predicted octanol–water partition coefficient (Wildman–Crippen LogP) is 0.419. The highest BCUT2D eigenvalue weighted by molar-refractivity contribution is 7.89. The van der Waals surface area contributed by atoms with E-state index in [9.17, 15) is 13.2 Å². The Hall–Kier alpha value is -1.44. The lowest BCUT2D eigenvalue weighted by molar-refractivity contribution is 0.0655. The topological polar surface area (TPSA) is 78.5 Å². The van der Waals surface area contributed by atoms with Crippen molar-refractivity contribution in [1.29, 1.82) is 0 Å².